The van der Waals surface area contributed by atoms with Gasteiger partial charge in [-0.15, -0.1) is 0 Å². The number of amides is 1. The van der Waals surface area contributed by atoms with Crippen LogP contribution in [0.3, 0.4) is 0 Å². The molecule has 1 atom stereocenters. The fourth-order valence-corrected chi connectivity index (χ4v) is 4.10. The number of rotatable bonds is 6. The van der Waals surface area contributed by atoms with Crippen LogP contribution in [-0.2, 0) is 14.3 Å². The molecule has 2 N–H and O–H groups in total. The highest BCUT2D eigenvalue weighted by atomic mass is 16.5. The Hall–Kier alpha value is -3.91. The van der Waals surface area contributed by atoms with E-state index in [1.807, 2.05) is 43.3 Å². The van der Waals surface area contributed by atoms with E-state index in [1.165, 1.54) is 12.0 Å². The number of nitrogens with zero attached hydrogens (tertiary/aromatic N) is 2. The summed E-state index contributed by atoms with van der Waals surface area (Å²) in [6.45, 7) is 0.836. The van der Waals surface area contributed by atoms with Crippen molar-refractivity contribution in [3.63, 3.8) is 0 Å². The van der Waals surface area contributed by atoms with E-state index in [-0.39, 0.29) is 11.3 Å². The van der Waals surface area contributed by atoms with Gasteiger partial charge < -0.3 is 24.6 Å². The number of aliphatic hydroxyl groups excluding tert-OH is 1. The Morgan fingerprint density at radius 1 is 1.12 bits per heavy atom. The van der Waals surface area contributed by atoms with Gasteiger partial charge in [0.05, 0.1) is 24.3 Å². The molecule has 1 fully saturated rings. The summed E-state index contributed by atoms with van der Waals surface area (Å²) in [5.74, 6) is -2.12. The van der Waals surface area contributed by atoms with Crippen LogP contribution >= 0.6 is 0 Å². The Kier molecular flexibility index (Phi) is 6.02. The molecule has 33 heavy (non-hydrogen) atoms. The average molecular weight is 447 g/mol. The third-order valence-corrected chi connectivity index (χ3v) is 5.82. The number of carbonyl (C=O) groups excluding carboxylic acids is 3. The number of aliphatic hydroxyl groups is 1. The second-order valence-corrected chi connectivity index (χ2v) is 8.16. The van der Waals surface area contributed by atoms with Crippen molar-refractivity contribution < 1.29 is 24.2 Å². The Morgan fingerprint density at radius 3 is 2.48 bits per heavy atom. The highest BCUT2D eigenvalue weighted by Crippen LogP contribution is 2.40. The minimum atomic E-state index is -0.787. The zero-order valence-electron chi connectivity index (χ0n) is 18.7. The van der Waals surface area contributed by atoms with E-state index < -0.39 is 23.7 Å². The van der Waals surface area contributed by atoms with E-state index >= 15 is 0 Å². The van der Waals surface area contributed by atoms with E-state index in [2.05, 4.69) is 4.98 Å². The molecule has 170 valence electrons. The predicted octanol–water partition coefficient (Wildman–Crippen LogP) is 2.94. The summed E-state index contributed by atoms with van der Waals surface area (Å²) < 4.78 is 4.76. The van der Waals surface area contributed by atoms with E-state index in [0.717, 1.165) is 10.9 Å². The third kappa shape index (κ3) is 4.01. The SMILES string of the molecule is COC(=O)c1ccc([C@H]2C(=C(O)c3c[nH]c4ccccc34)C(=O)C(=O)N2CCN(C)C)cc1. The molecule has 0 bridgehead atoms. The number of hydrogen-bond acceptors (Lipinski definition) is 6. The first kappa shape index (κ1) is 22.3. The van der Waals surface area contributed by atoms with Gasteiger partial charge in [-0.2, -0.15) is 0 Å². The molecule has 0 saturated carbocycles. The number of para-hydroxylation sites is 1. The minimum Gasteiger partial charge on any atom is -0.507 e. The number of likely N-dealkylation sites (tertiary alicyclic amines) is 1. The first-order valence-corrected chi connectivity index (χ1v) is 10.5. The van der Waals surface area contributed by atoms with Gasteiger partial charge in [0, 0.05) is 35.8 Å². The number of aromatic amines is 1. The molecule has 2 heterocycles. The van der Waals surface area contributed by atoms with Crippen molar-refractivity contribution in [1.82, 2.24) is 14.8 Å². The smallest absolute Gasteiger partial charge is 0.337 e. The topological polar surface area (TPSA) is 103 Å². The molecule has 4 rings (SSSR count). The Balaban J connectivity index is 1.86. The summed E-state index contributed by atoms with van der Waals surface area (Å²) in [6.07, 6.45) is 1.63. The van der Waals surface area contributed by atoms with Crippen molar-refractivity contribution in [3.05, 3.63) is 77.0 Å². The van der Waals surface area contributed by atoms with Gasteiger partial charge in [0.15, 0.2) is 0 Å². The van der Waals surface area contributed by atoms with Crippen LogP contribution in [0.5, 0.6) is 0 Å². The molecule has 8 heteroatoms. The number of nitrogens with one attached hydrogen (secondary N) is 1. The number of esters is 1. The number of carbonyl (C=O) groups is 3. The Labute approximate surface area is 191 Å². The molecule has 0 aliphatic carbocycles. The number of Topliss-reactive ketones (excluding diaryl/α,β-unsaturated/α-hetero) is 1. The lowest BCUT2D eigenvalue weighted by atomic mass is 9.94. The number of methoxy groups -OCH3 is 1. The summed E-state index contributed by atoms with van der Waals surface area (Å²) in [7, 11) is 5.05. The van der Waals surface area contributed by atoms with Gasteiger partial charge in [-0.25, -0.2) is 4.79 Å². The van der Waals surface area contributed by atoms with Crippen molar-refractivity contribution in [1.29, 1.82) is 0 Å². The van der Waals surface area contributed by atoms with Gasteiger partial charge in [-0.05, 0) is 37.9 Å². The molecule has 1 saturated heterocycles. The van der Waals surface area contributed by atoms with Crippen molar-refractivity contribution in [3.8, 4) is 0 Å². The quantitative estimate of drug-likeness (QED) is 0.261. The molecular formula is C25H25N3O5. The summed E-state index contributed by atoms with van der Waals surface area (Å²) in [4.78, 5) is 44.4. The van der Waals surface area contributed by atoms with Gasteiger partial charge in [-0.1, -0.05) is 30.3 Å². The molecule has 8 nitrogen and oxygen atoms in total. The normalized spacial score (nSPS) is 17.8. The Bertz CT molecular complexity index is 1260. The van der Waals surface area contributed by atoms with Gasteiger partial charge in [-0.3, -0.25) is 9.59 Å². The largest absolute Gasteiger partial charge is 0.507 e. The first-order valence-electron chi connectivity index (χ1n) is 10.5. The van der Waals surface area contributed by atoms with Crippen LogP contribution in [0.2, 0.25) is 0 Å². The molecule has 0 unspecified atom stereocenters. The van der Waals surface area contributed by atoms with E-state index in [4.69, 9.17) is 4.74 Å². The highest BCUT2D eigenvalue weighted by molar-refractivity contribution is 6.46. The third-order valence-electron chi connectivity index (χ3n) is 5.82. The summed E-state index contributed by atoms with van der Waals surface area (Å²) in [5.41, 5.74) is 2.24. The zero-order valence-corrected chi connectivity index (χ0v) is 18.7. The van der Waals surface area contributed by atoms with Crippen LogP contribution in [0.25, 0.3) is 16.7 Å². The molecular weight excluding hydrogens is 422 g/mol. The van der Waals surface area contributed by atoms with Gasteiger partial charge in [0.1, 0.15) is 5.76 Å². The van der Waals surface area contributed by atoms with Crippen LogP contribution in [0.4, 0.5) is 0 Å². The highest BCUT2D eigenvalue weighted by Gasteiger charge is 2.46. The monoisotopic (exact) mass is 447 g/mol. The number of benzene rings is 2. The van der Waals surface area contributed by atoms with Gasteiger partial charge in [0.2, 0.25) is 0 Å². The molecule has 2 aromatic carbocycles. The standard InChI is InChI=1S/C25H25N3O5/c1-27(2)12-13-28-21(15-8-10-16(11-9-15)25(32)33-3)20(23(30)24(28)31)22(29)18-14-26-19-7-5-4-6-17(18)19/h4-11,14,21,26,29H,12-13H2,1-3H3/t21-/m0/s1. The van der Waals surface area contributed by atoms with Crippen LogP contribution < -0.4 is 0 Å². The second kappa shape index (κ2) is 8.91. The summed E-state index contributed by atoms with van der Waals surface area (Å²) in [5, 5.41) is 12.0. The number of fused-ring (bicyclic) bond motifs is 1. The number of hydrogen-bond donors (Lipinski definition) is 2. The lowest BCUT2D eigenvalue weighted by Crippen LogP contribution is -2.35. The van der Waals surface area contributed by atoms with Crippen LogP contribution in [0.15, 0.2) is 60.3 Å². The molecule has 1 amide bonds. The van der Waals surface area contributed by atoms with Crippen molar-refractivity contribution >= 4 is 34.3 Å². The summed E-state index contributed by atoms with van der Waals surface area (Å²) in [6, 6.07) is 13.1. The number of likely N-dealkylation sites (N-methyl/N-ethyl adjacent to an activating group) is 1. The van der Waals surface area contributed by atoms with E-state index in [1.54, 1.807) is 30.5 Å². The fraction of sp³-hybridized carbons (Fsp3) is 0.240. The Morgan fingerprint density at radius 2 is 1.82 bits per heavy atom. The molecule has 0 spiro atoms. The lowest BCUT2D eigenvalue weighted by molar-refractivity contribution is -0.140. The maximum atomic E-state index is 13.1. The summed E-state index contributed by atoms with van der Waals surface area (Å²) >= 11 is 0. The lowest BCUT2D eigenvalue weighted by Gasteiger charge is -2.26. The predicted molar refractivity (Wildman–Crippen MR) is 124 cm³/mol. The average Bonchev–Trinajstić information content (AvgIpc) is 3.36. The number of aromatic nitrogens is 1. The number of ketones is 1. The maximum absolute atomic E-state index is 13.1. The first-order chi connectivity index (χ1) is 15.8. The minimum absolute atomic E-state index is 0.0225. The molecule has 3 aromatic rings. The van der Waals surface area contributed by atoms with Crippen LogP contribution in [0, 0.1) is 0 Å². The number of H-pyrrole nitrogens is 1. The van der Waals surface area contributed by atoms with Gasteiger partial charge in [0.25, 0.3) is 11.7 Å². The van der Waals surface area contributed by atoms with E-state index in [9.17, 15) is 19.5 Å². The zero-order chi connectivity index (χ0) is 23.7. The van der Waals surface area contributed by atoms with E-state index in [0.29, 0.717) is 29.8 Å². The molecule has 1 aliphatic rings. The van der Waals surface area contributed by atoms with Crippen molar-refractivity contribution in [2.75, 3.05) is 34.3 Å². The van der Waals surface area contributed by atoms with Crippen molar-refractivity contribution in [2.24, 2.45) is 0 Å². The van der Waals surface area contributed by atoms with Gasteiger partial charge >= 0.3 is 5.97 Å². The fourth-order valence-electron chi connectivity index (χ4n) is 4.10. The molecule has 1 aromatic heterocycles. The molecule has 1 aliphatic heterocycles. The maximum Gasteiger partial charge on any atom is 0.337 e. The molecule has 0 radical (unpaired) electrons. The van der Waals surface area contributed by atoms with Crippen molar-refractivity contribution in [2.45, 2.75) is 6.04 Å². The van der Waals surface area contributed by atoms with Crippen LogP contribution in [0.1, 0.15) is 27.5 Å². The second-order valence-electron chi connectivity index (χ2n) is 8.16. The number of ether oxygens (including phenoxy) is 1. The van der Waals surface area contributed by atoms with Crippen LogP contribution in [-0.4, -0.2) is 71.8 Å².